The number of hydrogen-bond acceptors (Lipinski definition) is 4. The molecular weight excluding hydrogens is 302 g/mol. The monoisotopic (exact) mass is 315 g/mol. The van der Waals surface area contributed by atoms with E-state index in [4.69, 9.17) is 16.9 Å². The van der Waals surface area contributed by atoms with Crippen molar-refractivity contribution in [2.24, 2.45) is 0 Å². The van der Waals surface area contributed by atoms with Crippen LogP contribution in [0.3, 0.4) is 0 Å². The van der Waals surface area contributed by atoms with Crippen LogP contribution >= 0.6 is 11.6 Å². The van der Waals surface area contributed by atoms with E-state index in [0.717, 1.165) is 23.2 Å². The lowest BCUT2D eigenvalue weighted by Crippen LogP contribution is -2.07. The molecule has 0 bridgehead atoms. The fourth-order valence-electron chi connectivity index (χ4n) is 2.09. The van der Waals surface area contributed by atoms with Gasteiger partial charge >= 0.3 is 5.97 Å². The Labute approximate surface area is 133 Å². The van der Waals surface area contributed by atoms with Crippen LogP contribution < -0.4 is 5.32 Å². The van der Waals surface area contributed by atoms with Crippen molar-refractivity contribution in [3.63, 3.8) is 0 Å². The molecule has 22 heavy (non-hydrogen) atoms. The van der Waals surface area contributed by atoms with E-state index >= 15 is 0 Å². The van der Waals surface area contributed by atoms with Crippen LogP contribution in [0.2, 0.25) is 5.02 Å². The minimum atomic E-state index is -1.16. The molecule has 6 heteroatoms. The Bertz CT molecular complexity index is 782. The summed E-state index contributed by atoms with van der Waals surface area (Å²) in [6.07, 6.45) is 0.783. The summed E-state index contributed by atoms with van der Waals surface area (Å²) >= 11 is 5.85. The number of nitrogens with one attached hydrogen (secondary N) is 1. The number of aromatic nitrogens is 1. The van der Waals surface area contributed by atoms with Gasteiger partial charge in [-0.2, -0.15) is 5.26 Å². The highest BCUT2D eigenvalue weighted by atomic mass is 35.5. The van der Waals surface area contributed by atoms with Crippen molar-refractivity contribution in [3.05, 3.63) is 51.7 Å². The van der Waals surface area contributed by atoms with E-state index in [9.17, 15) is 9.90 Å². The number of aromatic carboxylic acids is 1. The van der Waals surface area contributed by atoms with Gasteiger partial charge in [0.05, 0.1) is 5.02 Å². The first kappa shape index (κ1) is 15.8. The molecule has 1 aromatic heterocycles. The summed E-state index contributed by atoms with van der Waals surface area (Å²) in [5.41, 5.74) is 2.81. The quantitative estimate of drug-likeness (QED) is 0.893. The molecule has 112 valence electrons. The zero-order valence-corrected chi connectivity index (χ0v) is 12.9. The molecule has 0 saturated heterocycles. The molecule has 0 radical (unpaired) electrons. The Kier molecular flexibility index (Phi) is 4.64. The number of carboxylic acids is 1. The number of carboxylic acid groups (broad SMARTS) is 1. The van der Waals surface area contributed by atoms with E-state index in [1.54, 1.807) is 0 Å². The highest BCUT2D eigenvalue weighted by Crippen LogP contribution is 2.27. The first-order valence-electron chi connectivity index (χ1n) is 6.66. The van der Waals surface area contributed by atoms with E-state index < -0.39 is 5.97 Å². The SMILES string of the molecule is CCc1cc(C)ccc1Nc1nc(C#N)c(Cl)cc1C(=O)O. The van der Waals surface area contributed by atoms with Gasteiger partial charge in [-0.15, -0.1) is 0 Å². The van der Waals surface area contributed by atoms with Crippen molar-refractivity contribution >= 4 is 29.1 Å². The number of halogens is 1. The lowest BCUT2D eigenvalue weighted by atomic mass is 10.1. The largest absolute Gasteiger partial charge is 0.478 e. The van der Waals surface area contributed by atoms with Crippen LogP contribution in [0.4, 0.5) is 11.5 Å². The van der Waals surface area contributed by atoms with Crippen molar-refractivity contribution in [2.75, 3.05) is 5.32 Å². The number of anilines is 2. The zero-order chi connectivity index (χ0) is 16.3. The lowest BCUT2D eigenvalue weighted by molar-refractivity contribution is 0.0697. The minimum Gasteiger partial charge on any atom is -0.478 e. The van der Waals surface area contributed by atoms with Crippen molar-refractivity contribution in [1.29, 1.82) is 5.26 Å². The number of aryl methyl sites for hydroxylation is 2. The van der Waals surface area contributed by atoms with Crippen LogP contribution in [0.1, 0.15) is 34.1 Å². The molecule has 5 nitrogen and oxygen atoms in total. The molecule has 0 amide bonds. The summed E-state index contributed by atoms with van der Waals surface area (Å²) in [5.74, 6) is -1.06. The maximum atomic E-state index is 11.4. The predicted octanol–water partition coefficient (Wildman–Crippen LogP) is 3.92. The number of nitriles is 1. The number of benzene rings is 1. The molecule has 0 atom stereocenters. The van der Waals surface area contributed by atoms with E-state index in [1.165, 1.54) is 6.07 Å². The van der Waals surface area contributed by atoms with Crippen molar-refractivity contribution in [2.45, 2.75) is 20.3 Å². The van der Waals surface area contributed by atoms with Crippen LogP contribution in [0, 0.1) is 18.3 Å². The Morgan fingerprint density at radius 1 is 1.45 bits per heavy atom. The number of hydrogen-bond donors (Lipinski definition) is 2. The first-order valence-corrected chi connectivity index (χ1v) is 7.04. The van der Waals surface area contributed by atoms with Crippen LogP contribution in [0.5, 0.6) is 0 Å². The Morgan fingerprint density at radius 2 is 2.18 bits per heavy atom. The number of pyridine rings is 1. The van der Waals surface area contributed by atoms with Gasteiger partial charge in [0.25, 0.3) is 0 Å². The van der Waals surface area contributed by atoms with Crippen LogP contribution in [0.25, 0.3) is 0 Å². The standard InChI is InChI=1S/C16H14ClN3O2/c1-3-10-6-9(2)4-5-13(10)19-15-11(16(21)22)7-12(17)14(8-18)20-15/h4-7H,3H2,1-2H3,(H,19,20)(H,21,22). The van der Waals surface area contributed by atoms with Gasteiger partial charge in [-0.05, 0) is 31.0 Å². The Balaban J connectivity index is 2.53. The molecule has 2 N–H and O–H groups in total. The average molecular weight is 316 g/mol. The van der Waals surface area contributed by atoms with Gasteiger partial charge in [-0.25, -0.2) is 9.78 Å². The topological polar surface area (TPSA) is 86.0 Å². The Hall–Kier alpha value is -2.58. The van der Waals surface area contributed by atoms with Crippen LogP contribution in [-0.2, 0) is 6.42 Å². The molecule has 1 aromatic carbocycles. The third kappa shape index (κ3) is 3.18. The highest BCUT2D eigenvalue weighted by Gasteiger charge is 2.17. The third-order valence-electron chi connectivity index (χ3n) is 3.21. The van der Waals surface area contributed by atoms with Gasteiger partial charge in [0.1, 0.15) is 17.5 Å². The summed E-state index contributed by atoms with van der Waals surface area (Å²) in [6, 6.07) is 8.88. The maximum Gasteiger partial charge on any atom is 0.339 e. The average Bonchev–Trinajstić information content (AvgIpc) is 2.49. The summed E-state index contributed by atoms with van der Waals surface area (Å²) < 4.78 is 0. The molecule has 0 aliphatic heterocycles. The van der Waals surface area contributed by atoms with E-state index in [1.807, 2.05) is 38.1 Å². The smallest absolute Gasteiger partial charge is 0.339 e. The number of rotatable bonds is 4. The minimum absolute atomic E-state index is 0.0145. The fourth-order valence-corrected chi connectivity index (χ4v) is 2.28. The van der Waals surface area contributed by atoms with E-state index in [-0.39, 0.29) is 22.1 Å². The molecule has 0 fully saturated rings. The molecule has 2 rings (SSSR count). The molecule has 0 unspecified atom stereocenters. The molecule has 0 saturated carbocycles. The van der Waals surface area contributed by atoms with Crippen molar-refractivity contribution in [1.82, 2.24) is 4.98 Å². The summed E-state index contributed by atoms with van der Waals surface area (Å²) in [7, 11) is 0. The maximum absolute atomic E-state index is 11.4. The van der Waals surface area contributed by atoms with Gasteiger partial charge < -0.3 is 10.4 Å². The lowest BCUT2D eigenvalue weighted by Gasteiger charge is -2.13. The number of carbonyl (C=O) groups is 1. The van der Waals surface area contributed by atoms with Crippen molar-refractivity contribution < 1.29 is 9.90 Å². The number of nitrogens with zero attached hydrogens (tertiary/aromatic N) is 2. The highest BCUT2D eigenvalue weighted by molar-refractivity contribution is 6.32. The molecule has 0 aliphatic rings. The first-order chi connectivity index (χ1) is 10.5. The molecule has 0 aliphatic carbocycles. The van der Waals surface area contributed by atoms with Crippen LogP contribution in [-0.4, -0.2) is 16.1 Å². The van der Waals surface area contributed by atoms with Gasteiger partial charge in [0, 0.05) is 5.69 Å². The second kappa shape index (κ2) is 6.46. The second-order valence-corrected chi connectivity index (χ2v) is 5.18. The zero-order valence-electron chi connectivity index (χ0n) is 12.1. The molecular formula is C16H14ClN3O2. The fraction of sp³-hybridized carbons (Fsp3) is 0.188. The third-order valence-corrected chi connectivity index (χ3v) is 3.50. The summed E-state index contributed by atoms with van der Waals surface area (Å²) in [5, 5.41) is 21.3. The van der Waals surface area contributed by atoms with Gasteiger partial charge in [-0.1, -0.05) is 36.2 Å². The van der Waals surface area contributed by atoms with Crippen LogP contribution in [0.15, 0.2) is 24.3 Å². The van der Waals surface area contributed by atoms with Gasteiger partial charge in [0.2, 0.25) is 0 Å². The summed E-state index contributed by atoms with van der Waals surface area (Å²) in [6.45, 7) is 3.99. The molecule has 1 heterocycles. The van der Waals surface area contributed by atoms with E-state index in [2.05, 4.69) is 10.3 Å². The van der Waals surface area contributed by atoms with Crippen molar-refractivity contribution in [3.8, 4) is 6.07 Å². The van der Waals surface area contributed by atoms with Gasteiger partial charge in [-0.3, -0.25) is 0 Å². The predicted molar refractivity (Wildman–Crippen MR) is 84.8 cm³/mol. The normalized spacial score (nSPS) is 10.1. The van der Waals surface area contributed by atoms with E-state index in [0.29, 0.717) is 0 Å². The molecule has 0 spiro atoms. The Morgan fingerprint density at radius 3 is 2.77 bits per heavy atom. The second-order valence-electron chi connectivity index (χ2n) is 4.77. The summed E-state index contributed by atoms with van der Waals surface area (Å²) in [4.78, 5) is 15.4. The molecule has 2 aromatic rings. The van der Waals surface area contributed by atoms with Gasteiger partial charge in [0.15, 0.2) is 5.69 Å².